The van der Waals surface area contributed by atoms with Gasteiger partial charge in [0.1, 0.15) is 6.61 Å². The Morgan fingerprint density at radius 1 is 1.00 bits per heavy atom. The Bertz CT molecular complexity index is 961. The Morgan fingerprint density at radius 2 is 1.62 bits per heavy atom. The number of benzene rings is 2. The van der Waals surface area contributed by atoms with E-state index in [4.69, 9.17) is 9.84 Å². The van der Waals surface area contributed by atoms with Crippen LogP contribution in [-0.2, 0) is 14.3 Å². The van der Waals surface area contributed by atoms with E-state index in [-0.39, 0.29) is 36.8 Å². The van der Waals surface area contributed by atoms with Gasteiger partial charge in [0, 0.05) is 24.9 Å². The normalized spacial score (nSPS) is 13.9. The summed E-state index contributed by atoms with van der Waals surface area (Å²) in [6.07, 6.45) is 1.80. The molecule has 182 valence electrons. The van der Waals surface area contributed by atoms with Crippen molar-refractivity contribution < 1.29 is 24.2 Å². The molecule has 7 nitrogen and oxygen atoms in total. The van der Waals surface area contributed by atoms with Gasteiger partial charge in [0.2, 0.25) is 5.91 Å². The zero-order valence-corrected chi connectivity index (χ0v) is 19.9. The highest BCUT2D eigenvalue weighted by Gasteiger charge is 2.29. The first-order valence-electron chi connectivity index (χ1n) is 12.0. The zero-order valence-electron chi connectivity index (χ0n) is 19.9. The molecule has 0 aromatic heterocycles. The van der Waals surface area contributed by atoms with Gasteiger partial charge in [0.05, 0.1) is 6.42 Å². The van der Waals surface area contributed by atoms with Gasteiger partial charge in [0.25, 0.3) is 0 Å². The number of carboxylic acid groups (broad SMARTS) is 1. The van der Waals surface area contributed by atoms with E-state index < -0.39 is 12.1 Å². The highest BCUT2D eigenvalue weighted by Crippen LogP contribution is 2.44. The van der Waals surface area contributed by atoms with Crippen LogP contribution in [0.25, 0.3) is 11.1 Å². The molecule has 2 aromatic carbocycles. The Balaban J connectivity index is 1.37. The van der Waals surface area contributed by atoms with Crippen molar-refractivity contribution in [1.82, 2.24) is 10.6 Å². The summed E-state index contributed by atoms with van der Waals surface area (Å²) >= 11 is 0. The smallest absolute Gasteiger partial charge is 0.407 e. The van der Waals surface area contributed by atoms with Crippen LogP contribution < -0.4 is 10.6 Å². The number of aliphatic carboxylic acids is 1. The van der Waals surface area contributed by atoms with Crippen LogP contribution in [-0.4, -0.2) is 42.3 Å². The fourth-order valence-electron chi connectivity index (χ4n) is 4.40. The molecule has 0 heterocycles. The van der Waals surface area contributed by atoms with Gasteiger partial charge in [-0.2, -0.15) is 0 Å². The third-order valence-corrected chi connectivity index (χ3v) is 6.39. The fraction of sp³-hybridized carbons (Fsp3) is 0.444. The minimum Gasteiger partial charge on any atom is -0.481 e. The second-order valence-corrected chi connectivity index (χ2v) is 8.96. The maximum absolute atomic E-state index is 12.3. The monoisotopic (exact) mass is 466 g/mol. The first-order valence-corrected chi connectivity index (χ1v) is 12.0. The number of amides is 2. The quantitative estimate of drug-likeness (QED) is 0.421. The number of fused-ring (bicyclic) bond motifs is 3. The van der Waals surface area contributed by atoms with Crippen molar-refractivity contribution >= 4 is 18.0 Å². The zero-order chi connectivity index (χ0) is 24.5. The SMILES string of the molecule is CCC(CC(=O)O)NC(=O)CCC(C)CCNC(=O)OCC1c2ccccc2-c2ccccc21. The number of carboxylic acids is 1. The molecule has 1 aliphatic rings. The number of alkyl carbamates (subject to hydrolysis) is 1. The summed E-state index contributed by atoms with van der Waals surface area (Å²) in [5, 5.41) is 14.5. The second-order valence-electron chi connectivity index (χ2n) is 8.96. The Morgan fingerprint density at radius 3 is 2.21 bits per heavy atom. The van der Waals surface area contributed by atoms with Crippen molar-refractivity contribution in [3.05, 3.63) is 59.7 Å². The van der Waals surface area contributed by atoms with Crippen LogP contribution in [0.15, 0.2) is 48.5 Å². The van der Waals surface area contributed by atoms with E-state index in [0.29, 0.717) is 25.8 Å². The molecule has 0 aliphatic heterocycles. The molecule has 2 unspecified atom stereocenters. The topological polar surface area (TPSA) is 105 Å². The Kier molecular flexibility index (Phi) is 9.08. The highest BCUT2D eigenvalue weighted by molar-refractivity contribution is 5.79. The summed E-state index contributed by atoms with van der Waals surface area (Å²) in [4.78, 5) is 35.2. The van der Waals surface area contributed by atoms with E-state index in [1.165, 1.54) is 22.3 Å². The van der Waals surface area contributed by atoms with Gasteiger partial charge >= 0.3 is 12.1 Å². The third-order valence-electron chi connectivity index (χ3n) is 6.39. The molecule has 2 aromatic rings. The lowest BCUT2D eigenvalue weighted by molar-refractivity contribution is -0.137. The van der Waals surface area contributed by atoms with Crippen LogP contribution in [0.1, 0.15) is 63.0 Å². The predicted octanol–water partition coefficient (Wildman–Crippen LogP) is 4.70. The molecule has 3 rings (SSSR count). The first kappa shape index (κ1) is 25.3. The van der Waals surface area contributed by atoms with Crippen LogP contribution in [0.2, 0.25) is 0 Å². The van der Waals surface area contributed by atoms with Gasteiger partial charge in [-0.3, -0.25) is 9.59 Å². The van der Waals surface area contributed by atoms with Gasteiger partial charge in [-0.1, -0.05) is 62.4 Å². The molecule has 7 heteroatoms. The summed E-state index contributed by atoms with van der Waals surface area (Å²) in [7, 11) is 0. The predicted molar refractivity (Wildman–Crippen MR) is 131 cm³/mol. The number of carbonyl (C=O) groups is 3. The number of ether oxygens (including phenoxy) is 1. The van der Waals surface area contributed by atoms with E-state index in [0.717, 1.165) is 6.42 Å². The van der Waals surface area contributed by atoms with Crippen LogP contribution in [0.4, 0.5) is 4.79 Å². The minimum absolute atomic E-state index is 0.0312. The number of rotatable bonds is 12. The molecular weight excluding hydrogens is 432 g/mol. The molecule has 0 spiro atoms. The van der Waals surface area contributed by atoms with Crippen molar-refractivity contribution in [2.45, 2.75) is 57.9 Å². The lowest BCUT2D eigenvalue weighted by Crippen LogP contribution is -2.36. The molecule has 0 radical (unpaired) electrons. The van der Waals surface area contributed by atoms with E-state index in [1.54, 1.807) is 0 Å². The van der Waals surface area contributed by atoms with Crippen LogP contribution in [0, 0.1) is 5.92 Å². The highest BCUT2D eigenvalue weighted by atomic mass is 16.5. The van der Waals surface area contributed by atoms with Crippen molar-refractivity contribution in [3.8, 4) is 11.1 Å². The lowest BCUT2D eigenvalue weighted by atomic mass is 9.98. The number of carbonyl (C=O) groups excluding carboxylic acids is 2. The van der Waals surface area contributed by atoms with Crippen LogP contribution in [0.3, 0.4) is 0 Å². The molecule has 0 saturated carbocycles. The molecule has 34 heavy (non-hydrogen) atoms. The summed E-state index contributed by atoms with van der Waals surface area (Å²) in [6, 6.07) is 16.1. The fourth-order valence-corrected chi connectivity index (χ4v) is 4.40. The lowest BCUT2D eigenvalue weighted by Gasteiger charge is -2.17. The van der Waals surface area contributed by atoms with Gasteiger partial charge in [-0.25, -0.2) is 4.79 Å². The molecule has 1 aliphatic carbocycles. The van der Waals surface area contributed by atoms with Gasteiger partial charge in [0.15, 0.2) is 0 Å². The van der Waals surface area contributed by atoms with Gasteiger partial charge < -0.3 is 20.5 Å². The van der Waals surface area contributed by atoms with Crippen LogP contribution >= 0.6 is 0 Å². The molecule has 0 bridgehead atoms. The van der Waals surface area contributed by atoms with E-state index in [9.17, 15) is 14.4 Å². The average molecular weight is 467 g/mol. The Hall–Kier alpha value is -3.35. The Labute approximate surface area is 200 Å². The van der Waals surface area contributed by atoms with Crippen molar-refractivity contribution in [2.24, 2.45) is 5.92 Å². The minimum atomic E-state index is -0.917. The molecule has 2 atom stereocenters. The van der Waals surface area contributed by atoms with Crippen LogP contribution in [0.5, 0.6) is 0 Å². The van der Waals surface area contributed by atoms with E-state index in [2.05, 4.69) is 34.9 Å². The average Bonchev–Trinajstić information content (AvgIpc) is 3.14. The van der Waals surface area contributed by atoms with Crippen molar-refractivity contribution in [2.75, 3.05) is 13.2 Å². The largest absolute Gasteiger partial charge is 0.481 e. The standard InChI is InChI=1S/C27H34N2O5/c1-3-19(16-26(31)32)29-25(30)13-12-18(2)14-15-28-27(33)34-17-24-22-10-6-4-8-20(22)21-9-5-7-11-23(21)24/h4-11,18-19,24H,3,12-17H2,1-2H3,(H,28,33)(H,29,30)(H,31,32). The number of nitrogens with one attached hydrogen (secondary N) is 2. The van der Waals surface area contributed by atoms with E-state index in [1.807, 2.05) is 38.1 Å². The molecule has 0 saturated heterocycles. The molecular formula is C27H34N2O5. The number of hydrogen-bond donors (Lipinski definition) is 3. The molecule has 2 amide bonds. The van der Waals surface area contributed by atoms with Gasteiger partial charge in [-0.05, 0) is 47.4 Å². The maximum atomic E-state index is 12.3. The summed E-state index contributed by atoms with van der Waals surface area (Å²) < 4.78 is 5.55. The van der Waals surface area contributed by atoms with Gasteiger partial charge in [-0.15, -0.1) is 0 Å². The molecule has 0 fully saturated rings. The molecule has 3 N–H and O–H groups in total. The van der Waals surface area contributed by atoms with E-state index >= 15 is 0 Å². The van der Waals surface area contributed by atoms with Crippen molar-refractivity contribution in [3.63, 3.8) is 0 Å². The van der Waals surface area contributed by atoms with Crippen molar-refractivity contribution in [1.29, 1.82) is 0 Å². The summed E-state index contributed by atoms with van der Waals surface area (Å²) in [5.74, 6) is -0.785. The second kappa shape index (κ2) is 12.2. The summed E-state index contributed by atoms with van der Waals surface area (Å²) in [5.41, 5.74) is 4.74. The first-order chi connectivity index (χ1) is 16.4. The number of hydrogen-bond acceptors (Lipinski definition) is 4. The third kappa shape index (κ3) is 6.83. The summed E-state index contributed by atoms with van der Waals surface area (Å²) in [6.45, 7) is 4.63. The maximum Gasteiger partial charge on any atom is 0.407 e.